The highest BCUT2D eigenvalue weighted by molar-refractivity contribution is 5.46. The van der Waals surface area contributed by atoms with E-state index in [1.54, 1.807) is 6.33 Å². The van der Waals surface area contributed by atoms with Crippen molar-refractivity contribution >= 4 is 5.82 Å². The van der Waals surface area contributed by atoms with Crippen LogP contribution in [0.5, 0.6) is 0 Å². The number of aryl methyl sites for hydroxylation is 1. The highest BCUT2D eigenvalue weighted by Crippen LogP contribution is 2.23. The van der Waals surface area contributed by atoms with E-state index in [0.717, 1.165) is 25.2 Å². The molecule has 1 aromatic heterocycles. The van der Waals surface area contributed by atoms with Gasteiger partial charge in [-0.25, -0.2) is 9.97 Å². The van der Waals surface area contributed by atoms with Crippen molar-refractivity contribution in [1.82, 2.24) is 9.97 Å². The van der Waals surface area contributed by atoms with Crippen molar-refractivity contribution in [2.24, 2.45) is 0 Å². The second-order valence-corrected chi connectivity index (χ2v) is 5.20. The molecule has 1 N–H and O–H groups in total. The zero-order valence-electron chi connectivity index (χ0n) is 11.5. The van der Waals surface area contributed by atoms with Gasteiger partial charge in [0.1, 0.15) is 12.1 Å². The van der Waals surface area contributed by atoms with Crippen LogP contribution in [0.15, 0.2) is 6.33 Å². The maximum absolute atomic E-state index is 4.45. The average molecular weight is 247 g/mol. The number of hydrogen-bond acceptors (Lipinski definition) is 3. The molecule has 0 saturated heterocycles. The first-order valence-electron chi connectivity index (χ1n) is 7.48. The lowest BCUT2D eigenvalue weighted by Gasteiger charge is -2.12. The molecule has 1 aliphatic rings. The predicted octanol–water partition coefficient (Wildman–Crippen LogP) is 3.74. The molecule has 0 spiro atoms. The van der Waals surface area contributed by atoms with Gasteiger partial charge in [0.15, 0.2) is 0 Å². The second-order valence-electron chi connectivity index (χ2n) is 5.20. The zero-order valence-corrected chi connectivity index (χ0v) is 11.5. The van der Waals surface area contributed by atoms with Crippen LogP contribution in [-0.2, 0) is 12.8 Å². The van der Waals surface area contributed by atoms with Gasteiger partial charge in [-0.2, -0.15) is 0 Å². The van der Waals surface area contributed by atoms with Crippen LogP contribution >= 0.6 is 0 Å². The number of rotatable bonds is 6. The van der Waals surface area contributed by atoms with Crippen molar-refractivity contribution in [2.45, 2.75) is 64.7 Å². The normalized spacial score (nSPS) is 14.9. The first-order valence-corrected chi connectivity index (χ1v) is 7.48. The standard InChI is InChI=1S/C15H25N3/c1-2-3-4-8-11-16-15-13-9-6-5-7-10-14(13)17-12-18-15/h12H,2-11H2,1H3,(H,16,17,18). The lowest BCUT2D eigenvalue weighted by atomic mass is 10.1. The summed E-state index contributed by atoms with van der Waals surface area (Å²) in [5.74, 6) is 1.10. The Morgan fingerprint density at radius 2 is 1.94 bits per heavy atom. The molecule has 0 unspecified atom stereocenters. The van der Waals surface area contributed by atoms with E-state index in [4.69, 9.17) is 0 Å². The number of hydrogen-bond donors (Lipinski definition) is 1. The van der Waals surface area contributed by atoms with E-state index in [1.165, 1.54) is 56.2 Å². The number of unbranched alkanes of at least 4 members (excludes halogenated alkanes) is 3. The second kappa shape index (κ2) is 7.34. The van der Waals surface area contributed by atoms with Gasteiger partial charge in [-0.05, 0) is 32.1 Å². The smallest absolute Gasteiger partial charge is 0.132 e. The van der Waals surface area contributed by atoms with Crippen molar-refractivity contribution in [1.29, 1.82) is 0 Å². The van der Waals surface area contributed by atoms with Crippen molar-refractivity contribution in [3.8, 4) is 0 Å². The highest BCUT2D eigenvalue weighted by atomic mass is 15.0. The molecule has 0 fully saturated rings. The van der Waals surface area contributed by atoms with Gasteiger partial charge in [0.2, 0.25) is 0 Å². The first-order chi connectivity index (χ1) is 8.92. The van der Waals surface area contributed by atoms with E-state index >= 15 is 0 Å². The molecule has 1 heterocycles. The highest BCUT2D eigenvalue weighted by Gasteiger charge is 2.13. The fourth-order valence-corrected chi connectivity index (χ4v) is 2.61. The topological polar surface area (TPSA) is 37.8 Å². The summed E-state index contributed by atoms with van der Waals surface area (Å²) in [5, 5.41) is 3.51. The van der Waals surface area contributed by atoms with E-state index in [-0.39, 0.29) is 0 Å². The van der Waals surface area contributed by atoms with Crippen LogP contribution in [-0.4, -0.2) is 16.5 Å². The third-order valence-electron chi connectivity index (χ3n) is 3.70. The van der Waals surface area contributed by atoms with Crippen molar-refractivity contribution in [3.05, 3.63) is 17.6 Å². The van der Waals surface area contributed by atoms with Crippen LogP contribution in [0.2, 0.25) is 0 Å². The molecular weight excluding hydrogens is 222 g/mol. The van der Waals surface area contributed by atoms with Gasteiger partial charge in [-0.3, -0.25) is 0 Å². The molecule has 0 aliphatic heterocycles. The summed E-state index contributed by atoms with van der Waals surface area (Å²) in [7, 11) is 0. The van der Waals surface area contributed by atoms with Crippen molar-refractivity contribution in [2.75, 3.05) is 11.9 Å². The fourth-order valence-electron chi connectivity index (χ4n) is 2.61. The summed E-state index contributed by atoms with van der Waals surface area (Å²) < 4.78 is 0. The zero-order chi connectivity index (χ0) is 12.6. The Morgan fingerprint density at radius 1 is 1.06 bits per heavy atom. The summed E-state index contributed by atoms with van der Waals surface area (Å²) in [4.78, 5) is 8.88. The van der Waals surface area contributed by atoms with Gasteiger partial charge in [0.25, 0.3) is 0 Å². The Morgan fingerprint density at radius 3 is 2.83 bits per heavy atom. The van der Waals surface area contributed by atoms with Crippen LogP contribution in [0.1, 0.15) is 63.1 Å². The minimum Gasteiger partial charge on any atom is -0.370 e. The fraction of sp³-hybridized carbons (Fsp3) is 0.733. The predicted molar refractivity (Wildman–Crippen MR) is 75.9 cm³/mol. The number of fused-ring (bicyclic) bond motifs is 1. The number of nitrogens with one attached hydrogen (secondary N) is 1. The minimum absolute atomic E-state index is 1.05. The monoisotopic (exact) mass is 247 g/mol. The van der Waals surface area contributed by atoms with Gasteiger partial charge in [0, 0.05) is 17.8 Å². The summed E-state index contributed by atoms with van der Waals surface area (Å²) in [6.07, 6.45) is 13.1. The maximum atomic E-state index is 4.45. The first kappa shape index (κ1) is 13.3. The molecule has 3 heteroatoms. The third-order valence-corrected chi connectivity index (χ3v) is 3.70. The SMILES string of the molecule is CCCCCCNc1ncnc2c1CCCCC2. The van der Waals surface area contributed by atoms with E-state index in [1.807, 2.05) is 0 Å². The minimum atomic E-state index is 1.05. The Kier molecular flexibility index (Phi) is 5.43. The van der Waals surface area contributed by atoms with Gasteiger partial charge in [-0.15, -0.1) is 0 Å². The molecule has 18 heavy (non-hydrogen) atoms. The van der Waals surface area contributed by atoms with Gasteiger partial charge >= 0.3 is 0 Å². The van der Waals surface area contributed by atoms with Gasteiger partial charge < -0.3 is 5.32 Å². The molecule has 0 atom stereocenters. The quantitative estimate of drug-likeness (QED) is 0.614. The van der Waals surface area contributed by atoms with E-state index in [2.05, 4.69) is 22.2 Å². The van der Waals surface area contributed by atoms with Crippen LogP contribution in [0.25, 0.3) is 0 Å². The Hall–Kier alpha value is -1.12. The molecule has 0 aromatic carbocycles. The molecular formula is C15H25N3. The molecule has 0 radical (unpaired) electrons. The molecule has 1 aliphatic carbocycles. The van der Waals surface area contributed by atoms with E-state index in [9.17, 15) is 0 Å². The summed E-state index contributed by atoms with van der Waals surface area (Å²) >= 11 is 0. The molecule has 1 aromatic rings. The van der Waals surface area contributed by atoms with E-state index in [0.29, 0.717) is 0 Å². The lowest BCUT2D eigenvalue weighted by Crippen LogP contribution is -2.09. The van der Waals surface area contributed by atoms with E-state index < -0.39 is 0 Å². The average Bonchev–Trinajstić information content (AvgIpc) is 2.64. The lowest BCUT2D eigenvalue weighted by molar-refractivity contribution is 0.683. The molecule has 2 rings (SSSR count). The van der Waals surface area contributed by atoms with Crippen LogP contribution in [0.3, 0.4) is 0 Å². The summed E-state index contributed by atoms with van der Waals surface area (Å²) in [6, 6.07) is 0. The molecule has 0 bridgehead atoms. The van der Waals surface area contributed by atoms with Crippen molar-refractivity contribution < 1.29 is 0 Å². The van der Waals surface area contributed by atoms with Gasteiger partial charge in [0.05, 0.1) is 0 Å². The maximum Gasteiger partial charge on any atom is 0.132 e. The van der Waals surface area contributed by atoms with Crippen LogP contribution in [0.4, 0.5) is 5.82 Å². The summed E-state index contributed by atoms with van der Waals surface area (Å²) in [6.45, 7) is 3.29. The molecule has 100 valence electrons. The van der Waals surface area contributed by atoms with Gasteiger partial charge in [-0.1, -0.05) is 32.6 Å². The molecule has 3 nitrogen and oxygen atoms in total. The third kappa shape index (κ3) is 3.69. The van der Waals surface area contributed by atoms with Crippen molar-refractivity contribution in [3.63, 3.8) is 0 Å². The van der Waals surface area contributed by atoms with Crippen LogP contribution < -0.4 is 5.32 Å². The largest absolute Gasteiger partial charge is 0.370 e. The molecule has 0 saturated carbocycles. The Balaban J connectivity index is 1.91. The number of anilines is 1. The number of nitrogens with zero attached hydrogens (tertiary/aromatic N) is 2. The van der Waals surface area contributed by atoms with Crippen LogP contribution in [0, 0.1) is 0 Å². The number of aromatic nitrogens is 2. The Bertz CT molecular complexity index is 363. The summed E-state index contributed by atoms with van der Waals surface area (Å²) in [5.41, 5.74) is 2.66. The molecule has 0 amide bonds. The Labute approximate surface area is 110 Å².